The quantitative estimate of drug-likeness (QED) is 0.468. The lowest BCUT2D eigenvalue weighted by Crippen LogP contribution is -2.45. The number of nitrogens with zero attached hydrogens (tertiary/aromatic N) is 3. The monoisotopic (exact) mass is 435 g/mol. The van der Waals surface area contributed by atoms with Crippen molar-refractivity contribution in [2.45, 2.75) is 24.9 Å². The fourth-order valence-electron chi connectivity index (χ4n) is 4.53. The van der Waals surface area contributed by atoms with Crippen molar-refractivity contribution in [1.29, 1.82) is 0 Å². The van der Waals surface area contributed by atoms with Crippen molar-refractivity contribution in [3.63, 3.8) is 0 Å². The van der Waals surface area contributed by atoms with Gasteiger partial charge in [-0.15, -0.1) is 0 Å². The van der Waals surface area contributed by atoms with Crippen molar-refractivity contribution in [3.05, 3.63) is 84.1 Å². The minimum Gasteiger partial charge on any atom is -0.396 e. The lowest BCUT2D eigenvalue weighted by atomic mass is 9.74. The van der Waals surface area contributed by atoms with E-state index in [1.165, 1.54) is 12.1 Å². The maximum Gasteiger partial charge on any atom is 0.149 e. The average Bonchev–Trinajstić information content (AvgIpc) is 2.84. The minimum absolute atomic E-state index is 0.00514. The van der Waals surface area contributed by atoms with Crippen molar-refractivity contribution < 1.29 is 9.50 Å². The zero-order valence-corrected chi connectivity index (χ0v) is 18.1. The molecule has 1 aliphatic rings. The highest BCUT2D eigenvalue weighted by Gasteiger charge is 2.42. The first-order chi connectivity index (χ1) is 15.6. The van der Waals surface area contributed by atoms with Crippen molar-refractivity contribution in [3.8, 4) is 0 Å². The number of rotatable bonds is 8. The van der Waals surface area contributed by atoms with Crippen molar-refractivity contribution in [1.82, 2.24) is 14.9 Å². The molecule has 2 aromatic heterocycles. The highest BCUT2D eigenvalue weighted by molar-refractivity contribution is 5.60. The maximum atomic E-state index is 13.5. The number of halogens is 1. The second-order valence-electron chi connectivity index (χ2n) is 8.33. The highest BCUT2D eigenvalue weighted by atomic mass is 19.1. The van der Waals surface area contributed by atoms with Crippen LogP contribution in [0, 0.1) is 11.7 Å². The van der Waals surface area contributed by atoms with Gasteiger partial charge in [0.15, 0.2) is 0 Å². The van der Waals surface area contributed by atoms with Gasteiger partial charge in [0.2, 0.25) is 0 Å². The van der Waals surface area contributed by atoms with E-state index in [-0.39, 0.29) is 11.7 Å². The third-order valence-corrected chi connectivity index (χ3v) is 6.30. The second kappa shape index (κ2) is 10.1. The van der Waals surface area contributed by atoms with E-state index in [2.05, 4.69) is 20.2 Å². The molecule has 168 valence electrons. The summed E-state index contributed by atoms with van der Waals surface area (Å²) in [6, 6.07) is 15.4. The molecule has 4 N–H and O–H groups in total. The Morgan fingerprint density at radius 3 is 2.47 bits per heavy atom. The van der Waals surface area contributed by atoms with Crippen LogP contribution in [0.5, 0.6) is 0 Å². The van der Waals surface area contributed by atoms with E-state index in [0.29, 0.717) is 16.9 Å². The van der Waals surface area contributed by atoms with Gasteiger partial charge in [0.25, 0.3) is 0 Å². The number of benzene rings is 1. The second-order valence-corrected chi connectivity index (χ2v) is 8.33. The van der Waals surface area contributed by atoms with Gasteiger partial charge >= 0.3 is 0 Å². The molecular weight excluding hydrogens is 405 g/mol. The first-order valence-electron chi connectivity index (χ1n) is 11.1. The average molecular weight is 436 g/mol. The Labute approximate surface area is 188 Å². The first kappa shape index (κ1) is 22.2. The number of hydrogen-bond donors (Lipinski definition) is 3. The van der Waals surface area contributed by atoms with Crippen LogP contribution in [0.3, 0.4) is 0 Å². The molecule has 1 fully saturated rings. The third kappa shape index (κ3) is 4.89. The van der Waals surface area contributed by atoms with Gasteiger partial charge in [-0.2, -0.15) is 0 Å². The lowest BCUT2D eigenvalue weighted by molar-refractivity contribution is -0.0175. The summed E-state index contributed by atoms with van der Waals surface area (Å²) in [4.78, 5) is 11.1. The first-order valence-corrected chi connectivity index (χ1v) is 11.1. The molecule has 0 amide bonds. The van der Waals surface area contributed by atoms with E-state index < -0.39 is 5.60 Å². The van der Waals surface area contributed by atoms with Gasteiger partial charge in [-0.3, -0.25) is 4.98 Å². The molecular formula is C25H30FN5O. The highest BCUT2D eigenvalue weighted by Crippen LogP contribution is 2.41. The van der Waals surface area contributed by atoms with Gasteiger partial charge < -0.3 is 21.1 Å². The summed E-state index contributed by atoms with van der Waals surface area (Å²) in [6.07, 6.45) is 6.08. The van der Waals surface area contributed by atoms with Gasteiger partial charge in [0.1, 0.15) is 17.2 Å². The Balaban J connectivity index is 1.36. The summed E-state index contributed by atoms with van der Waals surface area (Å²) in [5.41, 5.74) is 6.64. The van der Waals surface area contributed by atoms with Gasteiger partial charge in [-0.1, -0.05) is 18.2 Å². The molecule has 0 bridgehead atoms. The predicted octanol–water partition coefficient (Wildman–Crippen LogP) is 3.65. The summed E-state index contributed by atoms with van der Waals surface area (Å²) in [6.45, 7) is 3.55. The van der Waals surface area contributed by atoms with E-state index in [4.69, 9.17) is 5.73 Å². The standard InChI is InChI=1S/C25H30FN5O/c26-21-9-7-19(8-10-21)25(32,23-6-1-2-13-28-23)20-11-17-31(18-12-20)16-4-15-30-24-22(27)5-3-14-29-24/h1-3,5-10,13-14,20,32H,4,11-12,15-18,27H2,(H,29,30). The van der Waals surface area contributed by atoms with E-state index in [0.717, 1.165) is 51.3 Å². The normalized spacial score (nSPS) is 17.1. The van der Waals surface area contributed by atoms with E-state index in [9.17, 15) is 9.50 Å². The number of nitrogens with two attached hydrogens (primary N) is 1. The van der Waals surface area contributed by atoms with Crippen LogP contribution in [0.1, 0.15) is 30.5 Å². The maximum absolute atomic E-state index is 13.5. The van der Waals surface area contributed by atoms with Gasteiger partial charge in [-0.05, 0) is 80.9 Å². The molecule has 1 saturated heterocycles. The number of piperidine rings is 1. The molecule has 32 heavy (non-hydrogen) atoms. The smallest absolute Gasteiger partial charge is 0.149 e. The fraction of sp³-hybridized carbons (Fsp3) is 0.360. The molecule has 3 heterocycles. The molecule has 7 heteroatoms. The van der Waals surface area contributed by atoms with Gasteiger partial charge in [0.05, 0.1) is 11.4 Å². The van der Waals surface area contributed by atoms with Crippen LogP contribution in [0.25, 0.3) is 0 Å². The Kier molecular flexibility index (Phi) is 6.97. The number of anilines is 2. The fourth-order valence-corrected chi connectivity index (χ4v) is 4.53. The number of likely N-dealkylation sites (tertiary alicyclic amines) is 1. The largest absolute Gasteiger partial charge is 0.396 e. The zero-order chi connectivity index (χ0) is 22.4. The van der Waals surface area contributed by atoms with Crippen LogP contribution >= 0.6 is 0 Å². The molecule has 3 aromatic rings. The molecule has 0 radical (unpaired) electrons. The Hall–Kier alpha value is -3.03. The zero-order valence-electron chi connectivity index (χ0n) is 18.1. The number of pyridine rings is 2. The number of nitrogen functional groups attached to an aromatic ring is 1. The predicted molar refractivity (Wildman–Crippen MR) is 125 cm³/mol. The minimum atomic E-state index is -1.24. The molecule has 4 rings (SSSR count). The van der Waals surface area contributed by atoms with E-state index in [1.54, 1.807) is 24.5 Å². The van der Waals surface area contributed by atoms with Crippen molar-refractivity contribution in [2.75, 3.05) is 37.2 Å². The number of nitrogens with one attached hydrogen (secondary N) is 1. The Morgan fingerprint density at radius 2 is 1.78 bits per heavy atom. The molecule has 6 nitrogen and oxygen atoms in total. The van der Waals surface area contributed by atoms with E-state index >= 15 is 0 Å². The summed E-state index contributed by atoms with van der Waals surface area (Å²) >= 11 is 0. The van der Waals surface area contributed by atoms with Crippen LogP contribution in [0.2, 0.25) is 0 Å². The molecule has 0 spiro atoms. The Bertz CT molecular complexity index is 993. The molecule has 1 unspecified atom stereocenters. The third-order valence-electron chi connectivity index (χ3n) is 6.30. The van der Waals surface area contributed by atoms with Crippen molar-refractivity contribution in [2.24, 2.45) is 5.92 Å². The molecule has 1 atom stereocenters. The molecule has 0 aliphatic carbocycles. The number of hydrogen-bond acceptors (Lipinski definition) is 6. The van der Waals surface area contributed by atoms with Crippen molar-refractivity contribution >= 4 is 11.5 Å². The van der Waals surface area contributed by atoms with Crippen LogP contribution < -0.4 is 11.1 Å². The molecule has 0 saturated carbocycles. The number of aromatic nitrogens is 2. The number of aliphatic hydroxyl groups is 1. The summed E-state index contributed by atoms with van der Waals surface area (Å²) in [7, 11) is 0. The van der Waals surface area contributed by atoms with Crippen LogP contribution in [-0.4, -0.2) is 46.2 Å². The van der Waals surface area contributed by atoms with Gasteiger partial charge in [0, 0.05) is 24.9 Å². The van der Waals surface area contributed by atoms with Crippen LogP contribution in [-0.2, 0) is 5.60 Å². The summed E-state index contributed by atoms with van der Waals surface area (Å²) < 4.78 is 13.5. The van der Waals surface area contributed by atoms with Crippen LogP contribution in [0.4, 0.5) is 15.9 Å². The Morgan fingerprint density at radius 1 is 1.03 bits per heavy atom. The summed E-state index contributed by atoms with van der Waals surface area (Å²) in [5.74, 6) is 0.421. The molecule has 1 aliphatic heterocycles. The lowest BCUT2D eigenvalue weighted by Gasteiger charge is -2.41. The SMILES string of the molecule is Nc1cccnc1NCCCN1CCC(C(O)(c2ccc(F)cc2)c2ccccn2)CC1. The van der Waals surface area contributed by atoms with Gasteiger partial charge in [-0.25, -0.2) is 9.37 Å². The van der Waals surface area contributed by atoms with E-state index in [1.807, 2.05) is 30.3 Å². The molecule has 1 aromatic carbocycles. The summed E-state index contributed by atoms with van der Waals surface area (Å²) in [5, 5.41) is 15.2. The van der Waals surface area contributed by atoms with Crippen LogP contribution in [0.15, 0.2) is 67.0 Å². The topological polar surface area (TPSA) is 87.3 Å².